The molecule has 3 N–H and O–H groups in total. The minimum atomic E-state index is 0. The third-order valence-corrected chi connectivity index (χ3v) is 2.11. The molecule has 0 aliphatic carbocycles. The molecule has 0 saturated heterocycles. The van der Waals surface area contributed by atoms with Gasteiger partial charge in [-0.3, -0.25) is 4.79 Å². The lowest BCUT2D eigenvalue weighted by atomic mass is 10.1. The number of carbonyl (C=O) groups excluding carboxylic acids is 1. The zero-order valence-electron chi connectivity index (χ0n) is 10.1. The molecule has 0 bridgehead atoms. The molecular formula is C11H25ClN2O. The second-order valence-electron chi connectivity index (χ2n) is 4.40. The zero-order chi connectivity index (χ0) is 11.0. The predicted octanol–water partition coefficient (Wildman–Crippen LogP) is 2.09. The molecule has 15 heavy (non-hydrogen) atoms. The van der Waals surface area contributed by atoms with Crippen LogP contribution < -0.4 is 11.1 Å². The molecule has 0 aromatic rings. The molecule has 0 aromatic carbocycles. The van der Waals surface area contributed by atoms with Gasteiger partial charge in [0.1, 0.15) is 0 Å². The number of rotatable bonds is 7. The van der Waals surface area contributed by atoms with Gasteiger partial charge >= 0.3 is 0 Å². The van der Waals surface area contributed by atoms with E-state index >= 15 is 0 Å². The lowest BCUT2D eigenvalue weighted by molar-refractivity contribution is -0.121. The van der Waals surface area contributed by atoms with Gasteiger partial charge in [0.2, 0.25) is 5.91 Å². The van der Waals surface area contributed by atoms with Gasteiger partial charge in [-0.15, -0.1) is 12.4 Å². The Bertz CT molecular complexity index is 161. The van der Waals surface area contributed by atoms with Crippen LogP contribution in [0, 0.1) is 5.92 Å². The van der Waals surface area contributed by atoms with Gasteiger partial charge in [-0.05, 0) is 32.1 Å². The minimum absolute atomic E-state index is 0. The van der Waals surface area contributed by atoms with Gasteiger partial charge in [0.25, 0.3) is 0 Å². The molecule has 0 spiro atoms. The Morgan fingerprint density at radius 1 is 1.27 bits per heavy atom. The molecule has 3 nitrogen and oxygen atoms in total. The maximum absolute atomic E-state index is 11.2. The van der Waals surface area contributed by atoms with Crippen LogP contribution in [0.25, 0.3) is 0 Å². The van der Waals surface area contributed by atoms with Gasteiger partial charge in [-0.25, -0.2) is 0 Å². The Kier molecular flexibility index (Phi) is 11.7. The van der Waals surface area contributed by atoms with Crippen molar-refractivity contribution in [1.82, 2.24) is 5.32 Å². The van der Waals surface area contributed by atoms with Crippen molar-refractivity contribution in [2.24, 2.45) is 11.7 Å². The summed E-state index contributed by atoms with van der Waals surface area (Å²) in [4.78, 5) is 11.2. The van der Waals surface area contributed by atoms with Crippen LogP contribution in [0.5, 0.6) is 0 Å². The van der Waals surface area contributed by atoms with Crippen molar-refractivity contribution in [1.29, 1.82) is 0 Å². The second kappa shape index (κ2) is 10.2. The third kappa shape index (κ3) is 13.7. The topological polar surface area (TPSA) is 55.1 Å². The predicted molar refractivity (Wildman–Crippen MR) is 67.2 cm³/mol. The molecule has 0 aliphatic heterocycles. The molecular weight excluding hydrogens is 212 g/mol. The molecule has 4 heteroatoms. The van der Waals surface area contributed by atoms with Gasteiger partial charge in [-0.1, -0.05) is 13.8 Å². The summed E-state index contributed by atoms with van der Waals surface area (Å²) in [6, 6.07) is 0.122. The quantitative estimate of drug-likeness (QED) is 0.665. The maximum Gasteiger partial charge on any atom is 0.220 e. The van der Waals surface area contributed by atoms with Crippen LogP contribution in [0.1, 0.15) is 46.5 Å². The second-order valence-corrected chi connectivity index (χ2v) is 4.40. The van der Waals surface area contributed by atoms with E-state index in [2.05, 4.69) is 19.2 Å². The molecule has 92 valence electrons. The van der Waals surface area contributed by atoms with Crippen molar-refractivity contribution in [2.45, 2.75) is 52.5 Å². The van der Waals surface area contributed by atoms with Crippen LogP contribution in [0.15, 0.2) is 0 Å². The van der Waals surface area contributed by atoms with Crippen LogP contribution in [-0.4, -0.2) is 18.5 Å². The summed E-state index contributed by atoms with van der Waals surface area (Å²) in [5, 5.41) is 2.90. The monoisotopic (exact) mass is 236 g/mol. The normalized spacial score (nSPS) is 12.1. The van der Waals surface area contributed by atoms with Gasteiger partial charge in [0.05, 0.1) is 0 Å². The summed E-state index contributed by atoms with van der Waals surface area (Å²) in [6.45, 7) is 7.11. The molecule has 0 heterocycles. The summed E-state index contributed by atoms with van der Waals surface area (Å²) in [5.74, 6) is 0.849. The fourth-order valence-electron chi connectivity index (χ4n) is 1.19. The Morgan fingerprint density at radius 3 is 2.33 bits per heavy atom. The van der Waals surface area contributed by atoms with E-state index in [1.54, 1.807) is 0 Å². The van der Waals surface area contributed by atoms with Crippen LogP contribution in [0.2, 0.25) is 0 Å². The average Bonchev–Trinajstić information content (AvgIpc) is 2.08. The van der Waals surface area contributed by atoms with Gasteiger partial charge in [0, 0.05) is 19.0 Å². The molecule has 0 rings (SSSR count). The smallest absolute Gasteiger partial charge is 0.220 e. The Labute approximate surface area is 99.6 Å². The molecule has 0 radical (unpaired) electrons. The number of hydrogen-bond donors (Lipinski definition) is 2. The summed E-state index contributed by atoms with van der Waals surface area (Å²) in [7, 11) is 0. The van der Waals surface area contributed by atoms with Crippen LogP contribution in [0.4, 0.5) is 0 Å². The van der Waals surface area contributed by atoms with Crippen LogP contribution in [0.3, 0.4) is 0 Å². The summed E-state index contributed by atoms with van der Waals surface area (Å²) < 4.78 is 0. The highest BCUT2D eigenvalue weighted by Crippen LogP contribution is 2.02. The highest BCUT2D eigenvalue weighted by molar-refractivity contribution is 5.85. The summed E-state index contributed by atoms with van der Waals surface area (Å²) in [6.07, 6.45) is 3.57. The van der Waals surface area contributed by atoms with E-state index in [1.165, 1.54) is 6.42 Å². The SMILES string of the molecule is CC(C)CCCNC(=O)CCC(C)N.Cl. The van der Waals surface area contributed by atoms with Crippen molar-refractivity contribution in [3.63, 3.8) is 0 Å². The van der Waals surface area contributed by atoms with E-state index in [0.29, 0.717) is 6.42 Å². The highest BCUT2D eigenvalue weighted by Gasteiger charge is 2.02. The van der Waals surface area contributed by atoms with Gasteiger partial charge in [0.15, 0.2) is 0 Å². The first kappa shape index (κ1) is 17.1. The molecule has 1 amide bonds. The van der Waals surface area contributed by atoms with E-state index in [4.69, 9.17) is 5.73 Å². The standard InChI is InChI=1S/C11H24N2O.ClH/c1-9(2)5-4-8-13-11(14)7-6-10(3)12;/h9-10H,4-8,12H2,1-3H3,(H,13,14);1H. The molecule has 0 saturated carbocycles. The number of carbonyl (C=O) groups is 1. The van der Waals surface area contributed by atoms with Gasteiger partial charge < -0.3 is 11.1 Å². The first-order chi connectivity index (χ1) is 6.52. The number of nitrogens with two attached hydrogens (primary N) is 1. The van der Waals surface area contributed by atoms with Crippen molar-refractivity contribution < 1.29 is 4.79 Å². The minimum Gasteiger partial charge on any atom is -0.356 e. The lowest BCUT2D eigenvalue weighted by Crippen LogP contribution is -2.26. The Hall–Kier alpha value is -0.280. The van der Waals surface area contributed by atoms with Crippen molar-refractivity contribution in [3.8, 4) is 0 Å². The molecule has 0 fully saturated rings. The first-order valence-electron chi connectivity index (χ1n) is 5.54. The van der Waals surface area contributed by atoms with E-state index in [0.717, 1.165) is 25.3 Å². The lowest BCUT2D eigenvalue weighted by Gasteiger charge is -2.07. The molecule has 0 aromatic heterocycles. The van der Waals surface area contributed by atoms with Crippen molar-refractivity contribution >= 4 is 18.3 Å². The number of amides is 1. The number of nitrogens with one attached hydrogen (secondary N) is 1. The van der Waals surface area contributed by atoms with Crippen molar-refractivity contribution in [3.05, 3.63) is 0 Å². The molecule has 0 aliphatic rings. The highest BCUT2D eigenvalue weighted by atomic mass is 35.5. The van der Waals surface area contributed by atoms with Crippen LogP contribution in [-0.2, 0) is 4.79 Å². The first-order valence-corrected chi connectivity index (χ1v) is 5.54. The van der Waals surface area contributed by atoms with E-state index < -0.39 is 0 Å². The largest absolute Gasteiger partial charge is 0.356 e. The number of hydrogen-bond acceptors (Lipinski definition) is 2. The van der Waals surface area contributed by atoms with E-state index in [9.17, 15) is 4.79 Å². The average molecular weight is 237 g/mol. The van der Waals surface area contributed by atoms with E-state index in [-0.39, 0.29) is 24.4 Å². The summed E-state index contributed by atoms with van der Waals surface area (Å²) >= 11 is 0. The molecule has 1 atom stereocenters. The third-order valence-electron chi connectivity index (χ3n) is 2.11. The van der Waals surface area contributed by atoms with Crippen molar-refractivity contribution in [2.75, 3.05) is 6.54 Å². The summed E-state index contributed by atoms with van der Waals surface area (Å²) in [5.41, 5.74) is 5.56. The fraction of sp³-hybridized carbons (Fsp3) is 0.909. The maximum atomic E-state index is 11.2. The number of halogens is 1. The zero-order valence-corrected chi connectivity index (χ0v) is 10.9. The fourth-order valence-corrected chi connectivity index (χ4v) is 1.19. The Balaban J connectivity index is 0. The van der Waals surface area contributed by atoms with Gasteiger partial charge in [-0.2, -0.15) is 0 Å². The van der Waals surface area contributed by atoms with Crippen LogP contribution >= 0.6 is 12.4 Å². The molecule has 1 unspecified atom stereocenters. The van der Waals surface area contributed by atoms with E-state index in [1.807, 2.05) is 6.92 Å². The Morgan fingerprint density at radius 2 is 1.87 bits per heavy atom.